The number of sulfonamides is 1. The van der Waals surface area contributed by atoms with Crippen molar-refractivity contribution < 1.29 is 37.3 Å². The minimum Gasteiger partial charge on any atom is -0.497 e. The van der Waals surface area contributed by atoms with Gasteiger partial charge in [-0.1, -0.05) is 12.1 Å². The average molecular weight is 449 g/mol. The van der Waals surface area contributed by atoms with Crippen LogP contribution in [0.4, 0.5) is 0 Å². The highest BCUT2D eigenvalue weighted by Gasteiger charge is 2.48. The van der Waals surface area contributed by atoms with Crippen LogP contribution in [0.2, 0.25) is 0 Å². The molecular weight excluding hydrogens is 426 g/mol. The SMILES string of the molecule is COc1ccc(S(=O)(=O)NC(OC)(Oc2cccc3c2OC2CCCC32)C(=O)O)cc1. The first-order chi connectivity index (χ1) is 14.8. The first-order valence-electron chi connectivity index (χ1n) is 9.75. The summed E-state index contributed by atoms with van der Waals surface area (Å²) in [4.78, 5) is 11.9. The Morgan fingerprint density at radius 2 is 1.90 bits per heavy atom. The molecular formula is C21H23NO8S. The van der Waals surface area contributed by atoms with Gasteiger partial charge < -0.3 is 24.1 Å². The number of hydrogen-bond acceptors (Lipinski definition) is 7. The fourth-order valence-electron chi connectivity index (χ4n) is 4.03. The Morgan fingerprint density at radius 3 is 2.55 bits per heavy atom. The maximum atomic E-state index is 12.9. The van der Waals surface area contributed by atoms with Gasteiger partial charge in [0.05, 0.1) is 12.0 Å². The molecule has 0 radical (unpaired) electrons. The van der Waals surface area contributed by atoms with Gasteiger partial charge in [0.1, 0.15) is 11.9 Å². The van der Waals surface area contributed by atoms with Crippen molar-refractivity contribution in [2.45, 2.75) is 42.1 Å². The summed E-state index contributed by atoms with van der Waals surface area (Å²) in [6.07, 6.45) is 2.94. The lowest BCUT2D eigenvalue weighted by molar-refractivity contribution is -0.207. The standard InChI is InChI=1S/C21H23NO8S/c1-27-13-9-11-14(12-10-13)31(25,26)22-21(28-2,20(23)24)30-18-8-4-6-16-15-5-3-7-17(15)29-19(16)18/h4,6,8-12,15,17,22H,3,5,7H2,1-2H3,(H,23,24). The van der Waals surface area contributed by atoms with Crippen molar-refractivity contribution in [3.63, 3.8) is 0 Å². The molecule has 0 spiro atoms. The second-order valence-corrected chi connectivity index (χ2v) is 9.06. The summed E-state index contributed by atoms with van der Waals surface area (Å²) < 4.78 is 49.6. The van der Waals surface area contributed by atoms with Crippen molar-refractivity contribution in [1.29, 1.82) is 0 Å². The summed E-state index contributed by atoms with van der Waals surface area (Å²) in [5.41, 5.74) is 0.924. The van der Waals surface area contributed by atoms with Gasteiger partial charge in [-0.15, -0.1) is 4.72 Å². The third kappa shape index (κ3) is 3.82. The predicted molar refractivity (Wildman–Crippen MR) is 109 cm³/mol. The summed E-state index contributed by atoms with van der Waals surface area (Å²) in [5.74, 6) is -3.18. The highest BCUT2D eigenvalue weighted by atomic mass is 32.2. The van der Waals surface area contributed by atoms with Gasteiger partial charge in [-0.05, 0) is 49.6 Å². The largest absolute Gasteiger partial charge is 0.497 e. The molecule has 2 aromatic rings. The van der Waals surface area contributed by atoms with Crippen LogP contribution in [0.1, 0.15) is 30.7 Å². The molecule has 166 valence electrons. The molecule has 2 aromatic carbocycles. The average Bonchev–Trinajstić information content (AvgIpc) is 3.35. The van der Waals surface area contributed by atoms with E-state index in [1.807, 2.05) is 10.8 Å². The van der Waals surface area contributed by atoms with Crippen LogP contribution >= 0.6 is 0 Å². The fraction of sp³-hybridized carbons (Fsp3) is 0.381. The molecule has 1 fully saturated rings. The molecule has 3 atom stereocenters. The van der Waals surface area contributed by atoms with Gasteiger partial charge in [0.15, 0.2) is 11.5 Å². The second-order valence-electron chi connectivity index (χ2n) is 7.38. The summed E-state index contributed by atoms with van der Waals surface area (Å²) >= 11 is 0. The number of para-hydroxylation sites is 1. The number of hydrogen-bond donors (Lipinski definition) is 2. The molecule has 9 nitrogen and oxygen atoms in total. The molecule has 3 unspecified atom stereocenters. The summed E-state index contributed by atoms with van der Waals surface area (Å²) in [5, 5.41) is 9.85. The maximum Gasteiger partial charge on any atom is 0.396 e. The minimum atomic E-state index is -4.33. The molecule has 2 N–H and O–H groups in total. The van der Waals surface area contributed by atoms with E-state index in [0.29, 0.717) is 11.5 Å². The quantitative estimate of drug-likeness (QED) is 0.590. The number of carboxylic acids is 1. The topological polar surface area (TPSA) is 120 Å². The lowest BCUT2D eigenvalue weighted by Gasteiger charge is -2.29. The van der Waals surface area contributed by atoms with Crippen molar-refractivity contribution >= 4 is 16.0 Å². The van der Waals surface area contributed by atoms with Crippen LogP contribution in [0.25, 0.3) is 0 Å². The van der Waals surface area contributed by atoms with Crippen molar-refractivity contribution in [3.8, 4) is 17.2 Å². The molecule has 31 heavy (non-hydrogen) atoms. The zero-order valence-corrected chi connectivity index (χ0v) is 17.8. The van der Waals surface area contributed by atoms with Gasteiger partial charge in [0.2, 0.25) is 10.0 Å². The number of fused-ring (bicyclic) bond motifs is 3. The molecule has 1 aliphatic heterocycles. The van der Waals surface area contributed by atoms with Crippen LogP contribution in [0.3, 0.4) is 0 Å². The lowest BCUT2D eigenvalue weighted by atomic mass is 9.97. The first-order valence-corrected chi connectivity index (χ1v) is 11.2. The van der Waals surface area contributed by atoms with Gasteiger partial charge in [-0.2, -0.15) is 0 Å². The van der Waals surface area contributed by atoms with Gasteiger partial charge in [-0.25, -0.2) is 13.2 Å². The molecule has 1 aliphatic carbocycles. The Labute approximate surface area is 179 Å². The van der Waals surface area contributed by atoms with E-state index in [4.69, 9.17) is 18.9 Å². The molecule has 0 amide bonds. The van der Waals surface area contributed by atoms with E-state index in [9.17, 15) is 18.3 Å². The number of aliphatic carboxylic acids is 1. The number of carboxylic acid groups (broad SMARTS) is 1. The maximum absolute atomic E-state index is 12.9. The normalized spacial score (nSPS) is 21.5. The molecule has 0 aromatic heterocycles. The zero-order chi connectivity index (χ0) is 22.2. The van der Waals surface area contributed by atoms with Crippen LogP contribution in [-0.2, 0) is 19.6 Å². The highest BCUT2D eigenvalue weighted by molar-refractivity contribution is 7.89. The molecule has 2 aliphatic rings. The number of carbonyl (C=O) groups is 1. The number of ether oxygens (including phenoxy) is 4. The zero-order valence-electron chi connectivity index (χ0n) is 17.0. The lowest BCUT2D eigenvalue weighted by Crippen LogP contribution is -2.60. The second kappa shape index (κ2) is 8.03. The predicted octanol–water partition coefficient (Wildman–Crippen LogP) is 2.47. The molecule has 4 rings (SSSR count). The van der Waals surface area contributed by atoms with Crippen LogP contribution in [0.15, 0.2) is 47.4 Å². The van der Waals surface area contributed by atoms with E-state index in [1.165, 1.54) is 37.4 Å². The number of nitrogens with one attached hydrogen (secondary N) is 1. The molecule has 1 heterocycles. The number of methoxy groups -OCH3 is 2. The Bertz CT molecular complexity index is 1090. The monoisotopic (exact) mass is 449 g/mol. The summed E-state index contributed by atoms with van der Waals surface area (Å²) in [6, 6.07) is 10.6. The van der Waals surface area contributed by atoms with Crippen molar-refractivity contribution in [2.75, 3.05) is 14.2 Å². The third-order valence-corrected chi connectivity index (χ3v) is 7.02. The third-order valence-electron chi connectivity index (χ3n) is 5.59. The van der Waals surface area contributed by atoms with Crippen molar-refractivity contribution in [2.24, 2.45) is 0 Å². The Balaban J connectivity index is 1.67. The van der Waals surface area contributed by atoms with Crippen molar-refractivity contribution in [1.82, 2.24) is 4.72 Å². The summed E-state index contributed by atoms with van der Waals surface area (Å²) in [7, 11) is -1.83. The van der Waals surface area contributed by atoms with Gasteiger partial charge in [0.25, 0.3) is 0 Å². The van der Waals surface area contributed by atoms with E-state index < -0.39 is 21.9 Å². The van der Waals surface area contributed by atoms with Crippen LogP contribution < -0.4 is 18.9 Å². The number of benzene rings is 2. The van der Waals surface area contributed by atoms with Crippen molar-refractivity contribution in [3.05, 3.63) is 48.0 Å². The Morgan fingerprint density at radius 1 is 1.16 bits per heavy atom. The molecule has 1 saturated carbocycles. The Hall–Kier alpha value is -2.82. The van der Waals surface area contributed by atoms with Crippen LogP contribution in [0, 0.1) is 0 Å². The molecule has 10 heteroatoms. The minimum absolute atomic E-state index is 0.0116. The van der Waals surface area contributed by atoms with E-state index in [-0.39, 0.29) is 22.7 Å². The summed E-state index contributed by atoms with van der Waals surface area (Å²) in [6.45, 7) is 0. The van der Waals surface area contributed by atoms with Gasteiger partial charge in [-0.3, -0.25) is 0 Å². The molecule has 0 saturated heterocycles. The smallest absolute Gasteiger partial charge is 0.396 e. The van der Waals surface area contributed by atoms with E-state index in [0.717, 1.165) is 31.9 Å². The van der Waals surface area contributed by atoms with Crippen LogP contribution in [0.5, 0.6) is 17.2 Å². The van der Waals surface area contributed by atoms with E-state index in [1.54, 1.807) is 6.07 Å². The van der Waals surface area contributed by atoms with Crippen LogP contribution in [-0.4, -0.2) is 45.7 Å². The highest BCUT2D eigenvalue weighted by Crippen LogP contribution is 2.51. The van der Waals surface area contributed by atoms with Gasteiger partial charge >= 0.3 is 11.9 Å². The van der Waals surface area contributed by atoms with E-state index >= 15 is 0 Å². The fourth-order valence-corrected chi connectivity index (χ4v) is 5.21. The van der Waals surface area contributed by atoms with Gasteiger partial charge in [0, 0.05) is 18.6 Å². The number of rotatable bonds is 8. The van der Waals surface area contributed by atoms with E-state index in [2.05, 4.69) is 0 Å². The first kappa shape index (κ1) is 21.4. The molecule has 0 bridgehead atoms. The Kier molecular flexibility index (Phi) is 5.54.